The van der Waals surface area contributed by atoms with Crippen molar-refractivity contribution in [3.63, 3.8) is 0 Å². The molecule has 2 aromatic carbocycles. The van der Waals surface area contributed by atoms with Crippen molar-refractivity contribution in [2.75, 3.05) is 26.8 Å². The molecule has 28 heavy (non-hydrogen) atoms. The molecule has 2 aromatic rings. The molecule has 1 atom stereocenters. The first-order chi connectivity index (χ1) is 13.4. The minimum atomic E-state index is -0.521. The standard InChI is InChI=1S/C21H26N2O5/c1-4-9-22-19(24)12-23-20(25)13-28-21(26)14(2)15-5-6-17-11-18(27-3)8-7-16(17)10-15/h5-8,10-11,14H,4,9,12-13H2,1-3H3,(H,22,24)(H,23,25)/t14-/m0/s1. The van der Waals surface area contributed by atoms with Crippen LogP contribution in [0.3, 0.4) is 0 Å². The maximum atomic E-state index is 12.3. The number of esters is 1. The first-order valence-electron chi connectivity index (χ1n) is 9.22. The fourth-order valence-electron chi connectivity index (χ4n) is 2.59. The van der Waals surface area contributed by atoms with E-state index in [1.165, 1.54) is 0 Å². The Morgan fingerprint density at radius 2 is 1.71 bits per heavy atom. The van der Waals surface area contributed by atoms with Crippen molar-refractivity contribution >= 4 is 28.6 Å². The maximum Gasteiger partial charge on any atom is 0.313 e. The van der Waals surface area contributed by atoms with Crippen molar-refractivity contribution in [3.8, 4) is 5.75 Å². The minimum Gasteiger partial charge on any atom is -0.497 e. The first-order valence-corrected chi connectivity index (χ1v) is 9.22. The maximum absolute atomic E-state index is 12.3. The Labute approximate surface area is 164 Å². The summed E-state index contributed by atoms with van der Waals surface area (Å²) in [5.41, 5.74) is 0.794. The van der Waals surface area contributed by atoms with Gasteiger partial charge in [-0.1, -0.05) is 31.2 Å². The number of hydrogen-bond acceptors (Lipinski definition) is 5. The number of rotatable bonds is 9. The zero-order valence-electron chi connectivity index (χ0n) is 16.4. The molecule has 0 aliphatic carbocycles. The highest BCUT2D eigenvalue weighted by Crippen LogP contribution is 2.25. The van der Waals surface area contributed by atoms with Gasteiger partial charge in [0, 0.05) is 6.54 Å². The zero-order chi connectivity index (χ0) is 20.5. The van der Waals surface area contributed by atoms with Crippen LogP contribution in [0, 0.1) is 0 Å². The van der Waals surface area contributed by atoms with Gasteiger partial charge in [0.2, 0.25) is 5.91 Å². The SMILES string of the molecule is CCCNC(=O)CNC(=O)COC(=O)[C@@H](C)c1ccc2cc(OC)ccc2c1. The highest BCUT2D eigenvalue weighted by atomic mass is 16.5. The molecule has 150 valence electrons. The van der Waals surface area contributed by atoms with E-state index < -0.39 is 24.4 Å². The Balaban J connectivity index is 1.87. The third kappa shape index (κ3) is 5.97. The van der Waals surface area contributed by atoms with Crippen LogP contribution in [0.1, 0.15) is 31.7 Å². The lowest BCUT2D eigenvalue weighted by Gasteiger charge is -2.13. The van der Waals surface area contributed by atoms with E-state index in [9.17, 15) is 14.4 Å². The molecule has 0 aliphatic rings. The van der Waals surface area contributed by atoms with Gasteiger partial charge in [0.1, 0.15) is 5.75 Å². The predicted octanol–water partition coefficient (Wildman–Crippen LogP) is 2.14. The van der Waals surface area contributed by atoms with Crippen molar-refractivity contribution in [1.82, 2.24) is 10.6 Å². The van der Waals surface area contributed by atoms with Crippen molar-refractivity contribution in [3.05, 3.63) is 42.0 Å². The van der Waals surface area contributed by atoms with Gasteiger partial charge in [-0.3, -0.25) is 14.4 Å². The average Bonchev–Trinajstić information content (AvgIpc) is 2.72. The second-order valence-electron chi connectivity index (χ2n) is 6.43. The summed E-state index contributed by atoms with van der Waals surface area (Å²) < 4.78 is 10.3. The van der Waals surface area contributed by atoms with Crippen molar-refractivity contribution < 1.29 is 23.9 Å². The first kappa shape index (κ1) is 21.2. The second kappa shape index (κ2) is 10.3. The molecule has 2 rings (SSSR count). The van der Waals surface area contributed by atoms with E-state index >= 15 is 0 Å². The molecule has 0 bridgehead atoms. The number of fused-ring (bicyclic) bond motifs is 1. The Kier molecular flexibility index (Phi) is 7.80. The molecule has 0 radical (unpaired) electrons. The van der Waals surface area contributed by atoms with Gasteiger partial charge in [-0.05, 0) is 41.8 Å². The van der Waals surface area contributed by atoms with Gasteiger partial charge < -0.3 is 20.1 Å². The van der Waals surface area contributed by atoms with E-state index in [4.69, 9.17) is 9.47 Å². The monoisotopic (exact) mass is 386 g/mol. The highest BCUT2D eigenvalue weighted by molar-refractivity contribution is 5.88. The number of methoxy groups -OCH3 is 1. The van der Waals surface area contributed by atoms with Crippen LogP contribution in [0.4, 0.5) is 0 Å². The molecule has 0 saturated carbocycles. The molecule has 0 aliphatic heterocycles. The van der Waals surface area contributed by atoms with E-state index in [-0.39, 0.29) is 12.5 Å². The fraction of sp³-hybridized carbons (Fsp3) is 0.381. The lowest BCUT2D eigenvalue weighted by molar-refractivity contribution is -0.149. The minimum absolute atomic E-state index is 0.139. The van der Waals surface area contributed by atoms with E-state index in [0.29, 0.717) is 6.54 Å². The van der Waals surface area contributed by atoms with Gasteiger partial charge in [-0.15, -0.1) is 0 Å². The van der Waals surface area contributed by atoms with Crippen LogP contribution >= 0.6 is 0 Å². The van der Waals surface area contributed by atoms with Crippen LogP contribution in [0.2, 0.25) is 0 Å². The summed E-state index contributed by atoms with van der Waals surface area (Å²) in [6, 6.07) is 11.4. The normalized spacial score (nSPS) is 11.5. The third-order valence-corrected chi connectivity index (χ3v) is 4.29. The number of benzene rings is 2. The quantitative estimate of drug-likeness (QED) is 0.644. The summed E-state index contributed by atoms with van der Waals surface area (Å²) in [6.07, 6.45) is 0.817. The number of hydrogen-bond donors (Lipinski definition) is 2. The molecule has 0 heterocycles. The smallest absolute Gasteiger partial charge is 0.313 e. The van der Waals surface area contributed by atoms with Crippen LogP contribution < -0.4 is 15.4 Å². The number of amides is 2. The van der Waals surface area contributed by atoms with Gasteiger partial charge >= 0.3 is 5.97 Å². The molecular weight excluding hydrogens is 360 g/mol. The Bertz CT molecular complexity index is 850. The fourth-order valence-corrected chi connectivity index (χ4v) is 2.59. The van der Waals surface area contributed by atoms with Gasteiger partial charge in [-0.25, -0.2) is 0 Å². The summed E-state index contributed by atoms with van der Waals surface area (Å²) in [6.45, 7) is 3.66. The zero-order valence-corrected chi connectivity index (χ0v) is 16.4. The lowest BCUT2D eigenvalue weighted by atomic mass is 9.98. The summed E-state index contributed by atoms with van der Waals surface area (Å²) in [4.78, 5) is 35.4. The summed E-state index contributed by atoms with van der Waals surface area (Å²) in [7, 11) is 1.61. The van der Waals surface area contributed by atoms with E-state index in [1.54, 1.807) is 14.0 Å². The predicted molar refractivity (Wildman–Crippen MR) is 106 cm³/mol. The van der Waals surface area contributed by atoms with Crippen molar-refractivity contribution in [2.45, 2.75) is 26.2 Å². The highest BCUT2D eigenvalue weighted by Gasteiger charge is 2.18. The molecule has 0 spiro atoms. The lowest BCUT2D eigenvalue weighted by Crippen LogP contribution is -2.39. The molecule has 0 fully saturated rings. The van der Waals surface area contributed by atoms with Crippen LogP contribution in [0.15, 0.2) is 36.4 Å². The van der Waals surface area contributed by atoms with E-state index in [2.05, 4.69) is 10.6 Å². The summed E-state index contributed by atoms with van der Waals surface area (Å²) in [5, 5.41) is 7.05. The molecule has 0 saturated heterocycles. The van der Waals surface area contributed by atoms with E-state index in [1.807, 2.05) is 43.3 Å². The molecule has 7 nitrogen and oxygen atoms in total. The van der Waals surface area contributed by atoms with Crippen LogP contribution in [0.25, 0.3) is 10.8 Å². The molecule has 2 amide bonds. The van der Waals surface area contributed by atoms with Gasteiger partial charge in [0.25, 0.3) is 5.91 Å². The number of carbonyl (C=O) groups is 3. The number of carbonyl (C=O) groups excluding carboxylic acids is 3. The van der Waals surface area contributed by atoms with Crippen LogP contribution in [-0.4, -0.2) is 44.6 Å². The van der Waals surface area contributed by atoms with E-state index in [0.717, 1.165) is 28.5 Å². The molecule has 0 unspecified atom stereocenters. The van der Waals surface area contributed by atoms with Gasteiger partial charge in [0.15, 0.2) is 6.61 Å². The number of nitrogens with one attached hydrogen (secondary N) is 2. The second-order valence-corrected chi connectivity index (χ2v) is 6.43. The molecule has 0 aromatic heterocycles. The average molecular weight is 386 g/mol. The summed E-state index contributed by atoms with van der Waals surface area (Å²) in [5.74, 6) is -1.05. The third-order valence-electron chi connectivity index (χ3n) is 4.29. The van der Waals surface area contributed by atoms with Crippen LogP contribution in [0.5, 0.6) is 5.75 Å². The number of ether oxygens (including phenoxy) is 2. The summed E-state index contributed by atoms with van der Waals surface area (Å²) >= 11 is 0. The molecule has 2 N–H and O–H groups in total. The Morgan fingerprint density at radius 3 is 2.43 bits per heavy atom. The van der Waals surface area contributed by atoms with Gasteiger partial charge in [-0.2, -0.15) is 0 Å². The Morgan fingerprint density at radius 1 is 1.00 bits per heavy atom. The Hall–Kier alpha value is -3.09. The van der Waals surface area contributed by atoms with Crippen LogP contribution in [-0.2, 0) is 19.1 Å². The molecular formula is C21H26N2O5. The largest absolute Gasteiger partial charge is 0.497 e. The topological polar surface area (TPSA) is 93.7 Å². The van der Waals surface area contributed by atoms with Gasteiger partial charge in [0.05, 0.1) is 19.6 Å². The molecule has 7 heteroatoms. The van der Waals surface area contributed by atoms with Crippen molar-refractivity contribution in [2.24, 2.45) is 0 Å². The van der Waals surface area contributed by atoms with Crippen molar-refractivity contribution in [1.29, 1.82) is 0 Å².